The number of amides is 2. The molecule has 0 aromatic heterocycles. The number of fused-ring (bicyclic) bond motifs is 1. The summed E-state index contributed by atoms with van der Waals surface area (Å²) in [5.41, 5.74) is 4.95. The van der Waals surface area contributed by atoms with Crippen LogP contribution in [0.25, 0.3) is 0 Å². The van der Waals surface area contributed by atoms with Gasteiger partial charge in [-0.2, -0.15) is 0 Å². The van der Waals surface area contributed by atoms with Crippen molar-refractivity contribution < 1.29 is 9.59 Å². The van der Waals surface area contributed by atoms with Gasteiger partial charge in [-0.25, -0.2) is 0 Å². The first-order valence-corrected chi connectivity index (χ1v) is 8.00. The third-order valence-electron chi connectivity index (χ3n) is 4.28. The maximum Gasteiger partial charge on any atom is 0.251 e. The lowest BCUT2D eigenvalue weighted by Gasteiger charge is -2.15. The zero-order chi connectivity index (χ0) is 17.1. The van der Waals surface area contributed by atoms with Gasteiger partial charge in [-0.15, -0.1) is 0 Å². The first kappa shape index (κ1) is 16.0. The van der Waals surface area contributed by atoms with Gasteiger partial charge in [0.15, 0.2) is 0 Å². The fourth-order valence-electron chi connectivity index (χ4n) is 3.01. The van der Waals surface area contributed by atoms with Crippen LogP contribution in [0.3, 0.4) is 0 Å². The number of rotatable bonds is 4. The summed E-state index contributed by atoms with van der Waals surface area (Å²) in [6, 6.07) is 13.3. The lowest BCUT2D eigenvalue weighted by molar-refractivity contribution is -0.111. The van der Waals surface area contributed by atoms with Gasteiger partial charge >= 0.3 is 0 Å². The summed E-state index contributed by atoms with van der Waals surface area (Å²) in [6.07, 6.45) is 3.13. The van der Waals surface area contributed by atoms with Crippen molar-refractivity contribution in [2.24, 2.45) is 0 Å². The SMILES string of the molecule is C=CC(=O)Nc1ccc(C(=O)NC2CCc3ccc(C)cc32)cc1. The van der Waals surface area contributed by atoms with Crippen LogP contribution >= 0.6 is 0 Å². The van der Waals surface area contributed by atoms with E-state index in [1.54, 1.807) is 24.3 Å². The molecule has 0 fully saturated rings. The molecule has 1 aliphatic rings. The van der Waals surface area contributed by atoms with Gasteiger partial charge in [-0.3, -0.25) is 9.59 Å². The number of aryl methyl sites for hydroxylation is 2. The van der Waals surface area contributed by atoms with Crippen molar-refractivity contribution in [1.82, 2.24) is 5.32 Å². The van der Waals surface area contributed by atoms with E-state index in [1.807, 2.05) is 0 Å². The quantitative estimate of drug-likeness (QED) is 0.847. The second kappa shape index (κ2) is 6.71. The summed E-state index contributed by atoms with van der Waals surface area (Å²) in [7, 11) is 0. The number of carbonyl (C=O) groups is 2. The molecule has 2 N–H and O–H groups in total. The van der Waals surface area contributed by atoms with Gasteiger partial charge in [0.1, 0.15) is 0 Å². The molecule has 2 amide bonds. The van der Waals surface area contributed by atoms with Gasteiger partial charge in [0.2, 0.25) is 5.91 Å². The van der Waals surface area contributed by atoms with Gasteiger partial charge in [-0.05, 0) is 61.2 Å². The van der Waals surface area contributed by atoms with Crippen molar-refractivity contribution in [3.8, 4) is 0 Å². The van der Waals surface area contributed by atoms with Gasteiger partial charge in [0.25, 0.3) is 5.91 Å². The molecule has 4 heteroatoms. The molecule has 1 aliphatic carbocycles. The second-order valence-corrected chi connectivity index (χ2v) is 6.04. The smallest absolute Gasteiger partial charge is 0.251 e. The number of carbonyl (C=O) groups excluding carboxylic acids is 2. The molecule has 0 saturated heterocycles. The maximum atomic E-state index is 12.5. The number of hydrogen-bond donors (Lipinski definition) is 2. The van der Waals surface area contributed by atoms with E-state index in [0.29, 0.717) is 11.3 Å². The van der Waals surface area contributed by atoms with Crippen LogP contribution in [-0.4, -0.2) is 11.8 Å². The highest BCUT2D eigenvalue weighted by molar-refractivity contribution is 5.99. The maximum absolute atomic E-state index is 12.5. The summed E-state index contributed by atoms with van der Waals surface area (Å²) in [6.45, 7) is 5.47. The summed E-state index contributed by atoms with van der Waals surface area (Å²) in [5.74, 6) is -0.374. The van der Waals surface area contributed by atoms with E-state index >= 15 is 0 Å². The number of anilines is 1. The molecular formula is C20H20N2O2. The molecule has 0 aliphatic heterocycles. The van der Waals surface area contributed by atoms with Crippen LogP contribution in [-0.2, 0) is 11.2 Å². The summed E-state index contributed by atoms with van der Waals surface area (Å²) in [4.78, 5) is 23.7. The normalized spacial score (nSPS) is 15.5. The Labute approximate surface area is 141 Å². The molecule has 0 radical (unpaired) electrons. The Morgan fingerprint density at radius 3 is 2.62 bits per heavy atom. The zero-order valence-corrected chi connectivity index (χ0v) is 13.6. The largest absolute Gasteiger partial charge is 0.345 e. The highest BCUT2D eigenvalue weighted by Gasteiger charge is 2.24. The number of benzene rings is 2. The van der Waals surface area contributed by atoms with Crippen LogP contribution in [0.15, 0.2) is 55.1 Å². The third-order valence-corrected chi connectivity index (χ3v) is 4.28. The van der Waals surface area contributed by atoms with Crippen molar-refractivity contribution in [2.75, 3.05) is 5.32 Å². The first-order chi connectivity index (χ1) is 11.6. The van der Waals surface area contributed by atoms with Crippen molar-refractivity contribution in [3.63, 3.8) is 0 Å². The van der Waals surface area contributed by atoms with Crippen molar-refractivity contribution in [3.05, 3.63) is 77.4 Å². The monoisotopic (exact) mass is 320 g/mol. The lowest BCUT2D eigenvalue weighted by atomic mass is 10.0. The third kappa shape index (κ3) is 3.38. The molecular weight excluding hydrogens is 300 g/mol. The predicted molar refractivity (Wildman–Crippen MR) is 95.0 cm³/mol. The second-order valence-electron chi connectivity index (χ2n) is 6.04. The van der Waals surface area contributed by atoms with Gasteiger partial charge in [-0.1, -0.05) is 30.3 Å². The number of hydrogen-bond acceptors (Lipinski definition) is 2. The summed E-state index contributed by atoms with van der Waals surface area (Å²) in [5, 5.41) is 5.77. The molecule has 4 nitrogen and oxygen atoms in total. The molecule has 24 heavy (non-hydrogen) atoms. The average Bonchev–Trinajstić information content (AvgIpc) is 2.97. The minimum Gasteiger partial charge on any atom is -0.345 e. The molecule has 0 bridgehead atoms. The van der Waals surface area contributed by atoms with Crippen LogP contribution in [0.5, 0.6) is 0 Å². The molecule has 1 unspecified atom stereocenters. The van der Waals surface area contributed by atoms with Gasteiger partial charge < -0.3 is 10.6 Å². The summed E-state index contributed by atoms with van der Waals surface area (Å²) < 4.78 is 0. The van der Waals surface area contributed by atoms with Crippen LogP contribution in [0.1, 0.15) is 39.5 Å². The summed E-state index contributed by atoms with van der Waals surface area (Å²) >= 11 is 0. The number of nitrogens with one attached hydrogen (secondary N) is 2. The van der Waals surface area contributed by atoms with E-state index in [-0.39, 0.29) is 17.9 Å². The molecule has 0 saturated carbocycles. The first-order valence-electron chi connectivity index (χ1n) is 8.00. The highest BCUT2D eigenvalue weighted by atomic mass is 16.2. The lowest BCUT2D eigenvalue weighted by Crippen LogP contribution is -2.27. The highest BCUT2D eigenvalue weighted by Crippen LogP contribution is 2.32. The molecule has 3 rings (SSSR count). The molecule has 2 aromatic rings. The van der Waals surface area contributed by atoms with E-state index in [2.05, 4.69) is 42.3 Å². The van der Waals surface area contributed by atoms with E-state index in [9.17, 15) is 9.59 Å². The fourth-order valence-corrected chi connectivity index (χ4v) is 3.01. The fraction of sp³-hybridized carbons (Fsp3) is 0.200. The van der Waals surface area contributed by atoms with Gasteiger partial charge in [0.05, 0.1) is 6.04 Å². The molecule has 0 heterocycles. The molecule has 122 valence electrons. The molecule has 2 aromatic carbocycles. The Hall–Kier alpha value is -2.88. The van der Waals surface area contributed by atoms with E-state index in [0.717, 1.165) is 12.8 Å². The van der Waals surface area contributed by atoms with E-state index in [4.69, 9.17) is 0 Å². The van der Waals surface area contributed by atoms with Crippen LogP contribution in [0.2, 0.25) is 0 Å². The minimum atomic E-state index is -0.273. The van der Waals surface area contributed by atoms with Gasteiger partial charge in [0, 0.05) is 11.3 Å². The predicted octanol–water partition coefficient (Wildman–Crippen LogP) is 3.54. The van der Waals surface area contributed by atoms with Crippen LogP contribution < -0.4 is 10.6 Å². The standard InChI is InChI=1S/C20H20N2O2/c1-3-19(23)21-16-9-6-15(7-10-16)20(24)22-18-11-8-14-5-4-13(2)12-17(14)18/h3-7,9-10,12,18H,1,8,11H2,2H3,(H,21,23)(H,22,24). The average molecular weight is 320 g/mol. The van der Waals surface area contributed by atoms with Crippen molar-refractivity contribution in [1.29, 1.82) is 0 Å². The Morgan fingerprint density at radius 1 is 1.17 bits per heavy atom. The Bertz CT molecular complexity index is 794. The Balaban J connectivity index is 1.69. The van der Waals surface area contributed by atoms with Crippen LogP contribution in [0, 0.1) is 6.92 Å². The molecule has 0 spiro atoms. The van der Waals surface area contributed by atoms with Crippen molar-refractivity contribution in [2.45, 2.75) is 25.8 Å². The zero-order valence-electron chi connectivity index (χ0n) is 13.6. The Kier molecular flexibility index (Phi) is 4.47. The van der Waals surface area contributed by atoms with Crippen molar-refractivity contribution >= 4 is 17.5 Å². The Morgan fingerprint density at radius 2 is 1.92 bits per heavy atom. The van der Waals surface area contributed by atoms with E-state index < -0.39 is 0 Å². The topological polar surface area (TPSA) is 58.2 Å². The minimum absolute atomic E-state index is 0.0625. The molecule has 1 atom stereocenters. The van der Waals surface area contributed by atoms with Crippen LogP contribution in [0.4, 0.5) is 5.69 Å². The van der Waals surface area contributed by atoms with E-state index in [1.165, 1.54) is 22.8 Å².